The molecule has 1 saturated heterocycles. The third kappa shape index (κ3) is 8.08. The smallest absolute Gasteiger partial charge is 0.342 e. The van der Waals surface area contributed by atoms with Crippen molar-refractivity contribution in [1.82, 2.24) is 9.88 Å². The van der Waals surface area contributed by atoms with E-state index in [-0.39, 0.29) is 12.1 Å². The van der Waals surface area contributed by atoms with E-state index in [1.54, 1.807) is 18.3 Å². The molecule has 7 heteroatoms. The van der Waals surface area contributed by atoms with Gasteiger partial charge in [0.1, 0.15) is 36.1 Å². The molecule has 4 aromatic rings. The SMILES string of the molecule is CC(C)OC(=O)c1cccnc1N1CCN(Cc2cc(OCc3ccccc3)cc(OCc3ccccc3)c2)CC1. The van der Waals surface area contributed by atoms with Crippen molar-refractivity contribution < 1.29 is 19.0 Å². The lowest BCUT2D eigenvalue weighted by atomic mass is 10.1. The molecule has 0 bridgehead atoms. The van der Waals surface area contributed by atoms with Gasteiger partial charge in [0.2, 0.25) is 0 Å². The van der Waals surface area contributed by atoms with E-state index < -0.39 is 0 Å². The maximum Gasteiger partial charge on any atom is 0.342 e. The van der Waals surface area contributed by atoms with Crippen molar-refractivity contribution >= 4 is 11.8 Å². The van der Waals surface area contributed by atoms with Gasteiger partial charge in [0.15, 0.2) is 0 Å². The number of ether oxygens (including phenoxy) is 3. The van der Waals surface area contributed by atoms with E-state index in [1.807, 2.05) is 56.3 Å². The molecule has 1 aliphatic heterocycles. The zero-order valence-corrected chi connectivity index (χ0v) is 23.7. The third-order valence-electron chi connectivity index (χ3n) is 6.86. The van der Waals surface area contributed by atoms with Gasteiger partial charge in [0.25, 0.3) is 0 Å². The zero-order valence-electron chi connectivity index (χ0n) is 23.7. The van der Waals surface area contributed by atoms with Crippen molar-refractivity contribution in [1.29, 1.82) is 0 Å². The number of aromatic nitrogens is 1. The topological polar surface area (TPSA) is 64.1 Å². The molecule has 3 aromatic carbocycles. The molecule has 41 heavy (non-hydrogen) atoms. The number of hydrogen-bond acceptors (Lipinski definition) is 7. The largest absolute Gasteiger partial charge is 0.489 e. The van der Waals surface area contributed by atoms with Crippen LogP contribution in [-0.4, -0.2) is 48.1 Å². The van der Waals surface area contributed by atoms with Gasteiger partial charge < -0.3 is 19.1 Å². The Hall–Kier alpha value is -4.36. The molecule has 0 radical (unpaired) electrons. The molecular weight excluding hydrogens is 514 g/mol. The van der Waals surface area contributed by atoms with Gasteiger partial charge in [-0.1, -0.05) is 60.7 Å². The maximum atomic E-state index is 12.7. The number of pyridine rings is 1. The van der Waals surface area contributed by atoms with Gasteiger partial charge in [0.05, 0.1) is 6.10 Å². The predicted molar refractivity (Wildman–Crippen MR) is 160 cm³/mol. The number of hydrogen-bond donors (Lipinski definition) is 0. The summed E-state index contributed by atoms with van der Waals surface area (Å²) in [5, 5.41) is 0. The first-order chi connectivity index (χ1) is 20.0. The van der Waals surface area contributed by atoms with Crippen LogP contribution in [0.4, 0.5) is 5.82 Å². The standard InChI is InChI=1S/C34H37N3O4/c1-26(2)41-34(38)32-14-9-15-35-33(32)37-18-16-36(17-19-37)23-29-20-30(39-24-27-10-5-3-6-11-27)22-31(21-29)40-25-28-12-7-4-8-13-28/h3-15,20-22,26H,16-19,23-25H2,1-2H3. The van der Waals surface area contributed by atoms with Crippen LogP contribution in [0.15, 0.2) is 97.2 Å². The molecule has 1 fully saturated rings. The highest BCUT2D eigenvalue weighted by atomic mass is 16.5. The van der Waals surface area contributed by atoms with E-state index in [4.69, 9.17) is 14.2 Å². The Morgan fingerprint density at radius 3 is 1.90 bits per heavy atom. The quantitative estimate of drug-likeness (QED) is 0.208. The molecule has 0 N–H and O–H groups in total. The number of carbonyl (C=O) groups excluding carboxylic acids is 1. The molecule has 0 unspecified atom stereocenters. The van der Waals surface area contributed by atoms with Crippen molar-refractivity contribution in [3.05, 3.63) is 119 Å². The van der Waals surface area contributed by atoms with Gasteiger partial charge in [-0.2, -0.15) is 0 Å². The van der Waals surface area contributed by atoms with E-state index in [0.29, 0.717) is 24.6 Å². The molecule has 0 atom stereocenters. The summed E-state index contributed by atoms with van der Waals surface area (Å²) in [6.45, 7) is 8.66. The fourth-order valence-corrected chi connectivity index (χ4v) is 4.83. The minimum atomic E-state index is -0.333. The van der Waals surface area contributed by atoms with Crippen LogP contribution in [0.2, 0.25) is 0 Å². The Morgan fingerprint density at radius 2 is 1.34 bits per heavy atom. The molecule has 2 heterocycles. The Kier molecular flexibility index (Phi) is 9.49. The number of esters is 1. The predicted octanol–water partition coefficient (Wildman–Crippen LogP) is 6.13. The lowest BCUT2D eigenvalue weighted by Crippen LogP contribution is -2.46. The summed E-state index contributed by atoms with van der Waals surface area (Å²) in [4.78, 5) is 21.8. The molecule has 7 nitrogen and oxygen atoms in total. The average Bonchev–Trinajstić information content (AvgIpc) is 3.00. The van der Waals surface area contributed by atoms with Crippen LogP contribution in [0.5, 0.6) is 11.5 Å². The van der Waals surface area contributed by atoms with E-state index >= 15 is 0 Å². The van der Waals surface area contributed by atoms with E-state index in [9.17, 15) is 4.79 Å². The highest BCUT2D eigenvalue weighted by Gasteiger charge is 2.24. The Morgan fingerprint density at radius 1 is 0.756 bits per heavy atom. The third-order valence-corrected chi connectivity index (χ3v) is 6.86. The van der Waals surface area contributed by atoms with Gasteiger partial charge in [-0.3, -0.25) is 4.90 Å². The van der Waals surface area contributed by atoms with Gasteiger partial charge in [-0.25, -0.2) is 9.78 Å². The molecular formula is C34H37N3O4. The molecule has 0 aliphatic carbocycles. The van der Waals surface area contributed by atoms with E-state index in [0.717, 1.165) is 60.9 Å². The number of piperazine rings is 1. The molecule has 1 aliphatic rings. The Balaban J connectivity index is 1.25. The van der Waals surface area contributed by atoms with Gasteiger partial charge in [-0.05, 0) is 54.8 Å². The fraction of sp³-hybridized carbons (Fsp3) is 0.294. The Labute approximate surface area is 242 Å². The van der Waals surface area contributed by atoms with Gasteiger partial charge >= 0.3 is 5.97 Å². The summed E-state index contributed by atoms with van der Waals surface area (Å²) >= 11 is 0. The second-order valence-corrected chi connectivity index (χ2v) is 10.5. The van der Waals surface area contributed by atoms with E-state index in [1.165, 1.54) is 0 Å². The first kappa shape index (κ1) is 28.2. The van der Waals surface area contributed by atoms with Gasteiger partial charge in [-0.15, -0.1) is 0 Å². The molecule has 0 amide bonds. The monoisotopic (exact) mass is 551 g/mol. The van der Waals surface area contributed by atoms with Crippen LogP contribution in [0.3, 0.4) is 0 Å². The second kappa shape index (κ2) is 13.8. The molecule has 0 saturated carbocycles. The number of rotatable bonds is 11. The van der Waals surface area contributed by atoms with Crippen LogP contribution in [-0.2, 0) is 24.5 Å². The Bertz CT molecular complexity index is 1340. The van der Waals surface area contributed by atoms with Crippen LogP contribution in [0.25, 0.3) is 0 Å². The second-order valence-electron chi connectivity index (χ2n) is 10.5. The average molecular weight is 552 g/mol. The zero-order chi connectivity index (χ0) is 28.4. The first-order valence-electron chi connectivity index (χ1n) is 14.1. The van der Waals surface area contributed by atoms with Crippen LogP contribution >= 0.6 is 0 Å². The first-order valence-corrected chi connectivity index (χ1v) is 14.1. The summed E-state index contributed by atoms with van der Waals surface area (Å²) in [7, 11) is 0. The lowest BCUT2D eigenvalue weighted by Gasteiger charge is -2.36. The van der Waals surface area contributed by atoms with Crippen molar-refractivity contribution in [3.8, 4) is 11.5 Å². The van der Waals surface area contributed by atoms with Crippen molar-refractivity contribution in [2.45, 2.75) is 39.7 Å². The maximum absolute atomic E-state index is 12.7. The van der Waals surface area contributed by atoms with Crippen molar-refractivity contribution in [3.63, 3.8) is 0 Å². The molecule has 212 valence electrons. The summed E-state index contributed by atoms with van der Waals surface area (Å²) in [6.07, 6.45) is 1.55. The van der Waals surface area contributed by atoms with Crippen LogP contribution in [0, 0.1) is 0 Å². The molecule has 5 rings (SSSR count). The minimum absolute atomic E-state index is 0.179. The number of benzene rings is 3. The highest BCUT2D eigenvalue weighted by Crippen LogP contribution is 2.27. The summed E-state index contributed by atoms with van der Waals surface area (Å²) in [5.41, 5.74) is 3.88. The summed E-state index contributed by atoms with van der Waals surface area (Å²) in [6, 6.07) is 30.1. The van der Waals surface area contributed by atoms with Crippen molar-refractivity contribution in [2.75, 3.05) is 31.1 Å². The number of anilines is 1. The normalized spacial score (nSPS) is 13.7. The number of nitrogens with zero attached hydrogens (tertiary/aromatic N) is 3. The molecule has 0 spiro atoms. The van der Waals surface area contributed by atoms with Crippen LogP contribution < -0.4 is 14.4 Å². The fourth-order valence-electron chi connectivity index (χ4n) is 4.83. The summed E-state index contributed by atoms with van der Waals surface area (Å²) in [5.74, 6) is 1.93. The van der Waals surface area contributed by atoms with Crippen molar-refractivity contribution in [2.24, 2.45) is 0 Å². The van der Waals surface area contributed by atoms with Crippen LogP contribution in [0.1, 0.15) is 40.9 Å². The highest BCUT2D eigenvalue weighted by molar-refractivity contribution is 5.94. The lowest BCUT2D eigenvalue weighted by molar-refractivity contribution is 0.0378. The van der Waals surface area contributed by atoms with Gasteiger partial charge in [0, 0.05) is 45.0 Å². The summed E-state index contributed by atoms with van der Waals surface area (Å²) < 4.78 is 17.8. The minimum Gasteiger partial charge on any atom is -0.489 e. The number of carbonyl (C=O) groups is 1. The van der Waals surface area contributed by atoms with E-state index in [2.05, 4.69) is 51.2 Å². The molecule has 1 aromatic heterocycles.